The monoisotopic (exact) mass is 1110 g/mol. The Bertz CT molecular complexity index is 2770. The molecular formula is C65H92N8O8. The average Bonchev–Trinajstić information content (AvgIpc) is 3.41. The second-order valence-corrected chi connectivity index (χ2v) is 21.2. The number of likely N-dealkylation sites (N-methyl/N-ethyl adjacent to an activating group) is 4. The summed E-state index contributed by atoms with van der Waals surface area (Å²) >= 11 is 0. The number of amides is 4. The Morgan fingerprint density at radius 2 is 0.815 bits per heavy atom. The van der Waals surface area contributed by atoms with Crippen molar-refractivity contribution in [2.45, 2.75) is 72.1 Å². The lowest BCUT2D eigenvalue weighted by atomic mass is 9.89. The van der Waals surface area contributed by atoms with Crippen LogP contribution in [0, 0.1) is 0 Å². The Morgan fingerprint density at radius 1 is 0.469 bits per heavy atom. The van der Waals surface area contributed by atoms with Crippen molar-refractivity contribution in [3.63, 3.8) is 0 Å². The molecule has 81 heavy (non-hydrogen) atoms. The highest BCUT2D eigenvalue weighted by atomic mass is 16.5. The molecule has 440 valence electrons. The van der Waals surface area contributed by atoms with E-state index in [1.165, 1.54) is 0 Å². The van der Waals surface area contributed by atoms with Gasteiger partial charge in [0, 0.05) is 71.6 Å². The van der Waals surface area contributed by atoms with Gasteiger partial charge in [0.2, 0.25) is 0 Å². The quantitative estimate of drug-likeness (QED) is 0.0218. The second-order valence-electron chi connectivity index (χ2n) is 21.2. The summed E-state index contributed by atoms with van der Waals surface area (Å²) in [5.74, 6) is 1.09. The molecule has 6 N–H and O–H groups in total. The molecule has 0 heterocycles. The zero-order chi connectivity index (χ0) is 59.3. The minimum Gasteiger partial charge on any atom is -0.483 e. The highest BCUT2D eigenvalue weighted by molar-refractivity contribution is 5.79. The Hall–Kier alpha value is -7.24. The largest absolute Gasteiger partial charge is 0.483 e. The van der Waals surface area contributed by atoms with E-state index in [0.717, 1.165) is 72.3 Å². The van der Waals surface area contributed by atoms with Gasteiger partial charge in [0.05, 0.1) is 0 Å². The molecule has 0 atom stereocenters. The summed E-state index contributed by atoms with van der Waals surface area (Å²) in [6, 6.07) is 18.5. The van der Waals surface area contributed by atoms with Crippen molar-refractivity contribution in [3.8, 4) is 23.0 Å². The van der Waals surface area contributed by atoms with Gasteiger partial charge in [0.15, 0.2) is 26.4 Å². The lowest BCUT2D eigenvalue weighted by molar-refractivity contribution is -0.123. The van der Waals surface area contributed by atoms with Gasteiger partial charge in [-0.25, -0.2) is 0 Å². The zero-order valence-electron chi connectivity index (χ0n) is 50.0. The van der Waals surface area contributed by atoms with Gasteiger partial charge >= 0.3 is 0 Å². The number of rotatable bonds is 39. The van der Waals surface area contributed by atoms with Crippen molar-refractivity contribution in [2.24, 2.45) is 0 Å². The fourth-order valence-corrected chi connectivity index (χ4v) is 9.21. The fourth-order valence-electron chi connectivity index (χ4n) is 9.21. The minimum atomic E-state index is -0.293. The molecule has 0 fully saturated rings. The number of aryl methyl sites for hydroxylation is 1. The van der Waals surface area contributed by atoms with Crippen LogP contribution in [0.2, 0.25) is 0 Å². The molecule has 0 aliphatic carbocycles. The molecule has 0 saturated heterocycles. The van der Waals surface area contributed by atoms with Crippen LogP contribution in [0.5, 0.6) is 23.0 Å². The SMILES string of the molecule is C=CCc1ccc(OCC(=O)NCCN(C)C)c(Cc2cc(CC(=C)C)cc(Cc3cc(CC=C)cc(Cc4cc(CC(=C)C)cc(CC)c4OCC(=O)NCCNC)c3OCC(=O)NCCN(C)C)c2OCC(=O)NCCNC)c1. The molecule has 0 aromatic heterocycles. The Morgan fingerprint density at radius 3 is 1.20 bits per heavy atom. The second kappa shape index (κ2) is 35.5. The predicted octanol–water partition coefficient (Wildman–Crippen LogP) is 6.26. The third kappa shape index (κ3) is 23.8. The van der Waals surface area contributed by atoms with E-state index < -0.39 is 0 Å². The van der Waals surface area contributed by atoms with E-state index in [9.17, 15) is 19.2 Å². The highest BCUT2D eigenvalue weighted by Crippen LogP contribution is 2.39. The Kier molecular flexibility index (Phi) is 29.0. The van der Waals surface area contributed by atoms with Gasteiger partial charge in [-0.2, -0.15) is 0 Å². The van der Waals surface area contributed by atoms with Crippen LogP contribution in [0.15, 0.2) is 104 Å². The van der Waals surface area contributed by atoms with Gasteiger partial charge < -0.3 is 60.6 Å². The summed E-state index contributed by atoms with van der Waals surface area (Å²) < 4.78 is 26.3. The van der Waals surface area contributed by atoms with Crippen LogP contribution in [0.1, 0.15) is 82.0 Å². The van der Waals surface area contributed by atoms with Gasteiger partial charge in [-0.15, -0.1) is 13.2 Å². The van der Waals surface area contributed by atoms with Crippen molar-refractivity contribution < 1.29 is 38.1 Å². The number of ether oxygens (including phenoxy) is 4. The first-order chi connectivity index (χ1) is 38.9. The van der Waals surface area contributed by atoms with Crippen LogP contribution in [-0.4, -0.2) is 155 Å². The van der Waals surface area contributed by atoms with Crippen LogP contribution in [0.4, 0.5) is 0 Å². The molecule has 0 aliphatic heterocycles. The van der Waals surface area contributed by atoms with E-state index in [4.69, 9.17) is 18.9 Å². The third-order valence-corrected chi connectivity index (χ3v) is 12.9. The topological polar surface area (TPSA) is 184 Å². The lowest BCUT2D eigenvalue weighted by Gasteiger charge is -2.23. The molecule has 0 spiro atoms. The first kappa shape index (κ1) is 66.3. The van der Waals surface area contributed by atoms with E-state index in [2.05, 4.69) is 108 Å². The first-order valence-electron chi connectivity index (χ1n) is 28.1. The maximum atomic E-state index is 13.7. The number of nitrogens with zero attached hydrogens (tertiary/aromatic N) is 2. The van der Waals surface area contributed by atoms with Crippen molar-refractivity contribution >= 4 is 23.6 Å². The number of nitrogens with one attached hydrogen (secondary N) is 6. The zero-order valence-corrected chi connectivity index (χ0v) is 50.0. The predicted molar refractivity (Wildman–Crippen MR) is 327 cm³/mol. The van der Waals surface area contributed by atoms with Gasteiger partial charge in [0.1, 0.15) is 23.0 Å². The van der Waals surface area contributed by atoms with Gasteiger partial charge in [0.25, 0.3) is 23.6 Å². The smallest absolute Gasteiger partial charge is 0.257 e. The molecule has 4 amide bonds. The number of benzene rings is 4. The molecule has 0 unspecified atom stereocenters. The molecular weight excluding hydrogens is 1020 g/mol. The first-order valence-corrected chi connectivity index (χ1v) is 28.1. The standard InChI is InChI=1S/C65H92N8O8/c1-14-17-47-19-20-58(78-41-59(74)70-25-27-72(10)11)52(31-47)38-55-36-50(30-46(6)7)37-57(65(55)80-43-61(76)69-24-22-67-9)40-54-33-48(18-15-2)32-53(64(54)81-44-62(77)71-26-28-73(12)13)39-56-35-49(29-45(4)5)34-51(16-3)63(56)79-42-60(75)68-23-21-66-8/h14-15,19-20,31-37,66-67H,1-2,4,6,16-18,21-30,38-44H2,3,5,7-13H3,(H,68,75)(H,69,76)(H,70,74)(H,71,77). The van der Waals surface area contributed by atoms with Crippen molar-refractivity contribution in [3.05, 3.63) is 165 Å². The van der Waals surface area contributed by atoms with E-state index in [1.807, 2.05) is 90.2 Å². The summed E-state index contributed by atoms with van der Waals surface area (Å²) in [5.41, 5.74) is 11.6. The van der Waals surface area contributed by atoms with E-state index >= 15 is 0 Å². The molecule has 4 aromatic rings. The molecule has 0 saturated carbocycles. The summed E-state index contributed by atoms with van der Waals surface area (Å²) in [6.45, 7) is 26.1. The summed E-state index contributed by atoms with van der Waals surface area (Å²) in [6.07, 6.45) is 7.53. The van der Waals surface area contributed by atoms with Crippen LogP contribution < -0.4 is 50.8 Å². The molecule has 0 bridgehead atoms. The number of hydrogen-bond donors (Lipinski definition) is 6. The number of hydrogen-bond acceptors (Lipinski definition) is 12. The van der Waals surface area contributed by atoms with Gasteiger partial charge in [-0.3, -0.25) is 19.2 Å². The van der Waals surface area contributed by atoms with Crippen LogP contribution >= 0.6 is 0 Å². The van der Waals surface area contributed by atoms with Crippen molar-refractivity contribution in [2.75, 3.05) is 121 Å². The van der Waals surface area contributed by atoms with Crippen LogP contribution in [0.25, 0.3) is 0 Å². The highest BCUT2D eigenvalue weighted by Gasteiger charge is 2.24. The number of carbonyl (C=O) groups excluding carboxylic acids is 4. The average molecular weight is 1110 g/mol. The molecule has 16 heteroatoms. The van der Waals surface area contributed by atoms with Crippen LogP contribution in [-0.2, 0) is 70.5 Å². The maximum absolute atomic E-state index is 13.7. The lowest BCUT2D eigenvalue weighted by Crippen LogP contribution is -2.34. The fraction of sp³-hybridized carbons (Fsp3) is 0.446. The molecule has 4 aromatic carbocycles. The Balaban J connectivity index is 2.03. The maximum Gasteiger partial charge on any atom is 0.257 e. The molecule has 0 aliphatic rings. The van der Waals surface area contributed by atoms with E-state index in [-0.39, 0.29) is 56.5 Å². The van der Waals surface area contributed by atoms with Crippen molar-refractivity contribution in [1.82, 2.24) is 41.7 Å². The minimum absolute atomic E-state index is 0.181. The van der Waals surface area contributed by atoms with Gasteiger partial charge in [-0.1, -0.05) is 91.9 Å². The summed E-state index contributed by atoms with van der Waals surface area (Å²) in [5, 5.41) is 17.9. The number of carbonyl (C=O) groups is 4. The number of allylic oxidation sites excluding steroid dienone is 4. The molecule has 0 radical (unpaired) electrons. The van der Waals surface area contributed by atoms with E-state index in [1.54, 1.807) is 0 Å². The molecule has 4 rings (SSSR count). The third-order valence-electron chi connectivity index (χ3n) is 12.9. The van der Waals surface area contributed by atoms with Crippen molar-refractivity contribution in [1.29, 1.82) is 0 Å². The summed E-state index contributed by atoms with van der Waals surface area (Å²) in [4.78, 5) is 57.5. The molecule has 16 nitrogen and oxygen atoms in total. The normalized spacial score (nSPS) is 11.0. The summed E-state index contributed by atoms with van der Waals surface area (Å²) in [7, 11) is 11.4. The van der Waals surface area contributed by atoms with Gasteiger partial charge in [-0.05, 0) is 156 Å². The van der Waals surface area contributed by atoms with Crippen LogP contribution in [0.3, 0.4) is 0 Å². The van der Waals surface area contributed by atoms with E-state index in [0.29, 0.717) is 120 Å². The Labute approximate surface area is 483 Å².